The van der Waals surface area contributed by atoms with E-state index in [0.29, 0.717) is 32.1 Å². The number of anilines is 1. The van der Waals surface area contributed by atoms with Crippen molar-refractivity contribution in [1.29, 1.82) is 0 Å². The normalized spacial score (nSPS) is 11.1. The molecule has 1 heterocycles. The summed E-state index contributed by atoms with van der Waals surface area (Å²) in [5.74, 6) is 1.49. The van der Waals surface area contributed by atoms with Crippen LogP contribution in [0.15, 0.2) is 71.3 Å². The number of hydrogen-bond donors (Lipinski definition) is 1. The van der Waals surface area contributed by atoms with Crippen molar-refractivity contribution in [2.24, 2.45) is 0 Å². The first-order valence-corrected chi connectivity index (χ1v) is 12.2. The van der Waals surface area contributed by atoms with Crippen LogP contribution >= 0.6 is 34.8 Å². The summed E-state index contributed by atoms with van der Waals surface area (Å²) in [6.07, 6.45) is 0.911. The Bertz CT molecular complexity index is 1240. The molecule has 34 heavy (non-hydrogen) atoms. The standard InChI is InChI=1S/C27H25Cl3N2O2/c1-17(2)27-20(26(32-34-27)25-21(28)9-6-10-22(25)29)16-33-19-11-12-24(23(30)15-19)31-14-13-18-7-4-3-5-8-18/h3-12,15,17,31H,13-14,16H2,1-2H3. The van der Waals surface area contributed by atoms with E-state index in [9.17, 15) is 0 Å². The molecular weight excluding hydrogens is 491 g/mol. The van der Waals surface area contributed by atoms with Crippen LogP contribution in [0.3, 0.4) is 0 Å². The quantitative estimate of drug-likeness (QED) is 0.242. The molecule has 0 saturated heterocycles. The third kappa shape index (κ3) is 5.69. The molecule has 176 valence electrons. The monoisotopic (exact) mass is 514 g/mol. The van der Waals surface area contributed by atoms with E-state index in [4.69, 9.17) is 44.1 Å². The minimum Gasteiger partial charge on any atom is -0.489 e. The predicted octanol–water partition coefficient (Wildman–Crippen LogP) is 8.66. The molecule has 4 rings (SSSR count). The lowest BCUT2D eigenvalue weighted by atomic mass is 10.0. The molecule has 0 aliphatic heterocycles. The van der Waals surface area contributed by atoms with Gasteiger partial charge in [-0.1, -0.05) is 90.2 Å². The topological polar surface area (TPSA) is 47.3 Å². The van der Waals surface area contributed by atoms with Crippen molar-refractivity contribution in [3.8, 4) is 17.0 Å². The molecule has 4 aromatic rings. The molecule has 3 aromatic carbocycles. The summed E-state index contributed by atoms with van der Waals surface area (Å²) in [4.78, 5) is 0. The van der Waals surface area contributed by atoms with Gasteiger partial charge in [-0.2, -0.15) is 0 Å². The first-order chi connectivity index (χ1) is 16.4. The Balaban J connectivity index is 1.48. The average molecular weight is 516 g/mol. The Morgan fingerprint density at radius 1 is 0.912 bits per heavy atom. The molecule has 0 spiro atoms. The van der Waals surface area contributed by atoms with E-state index in [0.717, 1.165) is 30.0 Å². The third-order valence-corrected chi connectivity index (χ3v) is 6.38. The number of ether oxygens (including phenoxy) is 1. The van der Waals surface area contributed by atoms with Gasteiger partial charge in [0.2, 0.25) is 0 Å². The molecule has 4 nitrogen and oxygen atoms in total. The highest BCUT2D eigenvalue weighted by atomic mass is 35.5. The lowest BCUT2D eigenvalue weighted by Gasteiger charge is -2.13. The van der Waals surface area contributed by atoms with Crippen molar-refractivity contribution in [3.05, 3.63) is 98.7 Å². The number of aromatic nitrogens is 1. The van der Waals surface area contributed by atoms with Crippen molar-refractivity contribution in [2.45, 2.75) is 32.8 Å². The Labute approximate surface area is 214 Å². The fourth-order valence-electron chi connectivity index (χ4n) is 3.71. The molecule has 0 atom stereocenters. The average Bonchev–Trinajstić information content (AvgIpc) is 3.23. The first-order valence-electron chi connectivity index (χ1n) is 11.1. The zero-order valence-electron chi connectivity index (χ0n) is 18.9. The highest BCUT2D eigenvalue weighted by molar-refractivity contribution is 6.39. The second-order valence-electron chi connectivity index (χ2n) is 8.22. The van der Waals surface area contributed by atoms with Crippen LogP contribution in [-0.2, 0) is 13.0 Å². The van der Waals surface area contributed by atoms with E-state index in [1.54, 1.807) is 24.3 Å². The number of rotatable bonds is 9. The van der Waals surface area contributed by atoms with Gasteiger partial charge in [-0.15, -0.1) is 0 Å². The molecule has 0 amide bonds. The van der Waals surface area contributed by atoms with E-state index >= 15 is 0 Å². The van der Waals surface area contributed by atoms with Crippen LogP contribution in [0.1, 0.15) is 36.7 Å². The number of nitrogens with zero attached hydrogens (tertiary/aromatic N) is 1. The lowest BCUT2D eigenvalue weighted by Crippen LogP contribution is -2.05. The van der Waals surface area contributed by atoms with Gasteiger partial charge in [0, 0.05) is 24.1 Å². The minimum absolute atomic E-state index is 0.112. The van der Waals surface area contributed by atoms with Crippen molar-refractivity contribution in [2.75, 3.05) is 11.9 Å². The second-order valence-corrected chi connectivity index (χ2v) is 9.44. The van der Waals surface area contributed by atoms with E-state index < -0.39 is 0 Å². The maximum Gasteiger partial charge on any atom is 0.146 e. The first kappa shape index (κ1) is 24.5. The maximum atomic E-state index is 6.51. The van der Waals surface area contributed by atoms with Gasteiger partial charge >= 0.3 is 0 Å². The Morgan fingerprint density at radius 2 is 1.65 bits per heavy atom. The summed E-state index contributed by atoms with van der Waals surface area (Å²) >= 11 is 19.4. The highest BCUT2D eigenvalue weighted by Gasteiger charge is 2.23. The lowest BCUT2D eigenvalue weighted by molar-refractivity contribution is 0.298. The summed E-state index contributed by atoms with van der Waals surface area (Å²) in [7, 11) is 0. The third-order valence-electron chi connectivity index (χ3n) is 5.44. The molecule has 0 unspecified atom stereocenters. The molecule has 0 saturated carbocycles. The zero-order chi connectivity index (χ0) is 24.1. The summed E-state index contributed by atoms with van der Waals surface area (Å²) in [6.45, 7) is 5.10. The summed E-state index contributed by atoms with van der Waals surface area (Å²) in [5, 5.41) is 9.26. The minimum atomic E-state index is 0.112. The van der Waals surface area contributed by atoms with Gasteiger partial charge in [0.05, 0.1) is 26.3 Å². The van der Waals surface area contributed by atoms with Crippen molar-refractivity contribution >= 4 is 40.5 Å². The Kier molecular flexibility index (Phi) is 8.04. The van der Waals surface area contributed by atoms with E-state index in [1.807, 2.05) is 44.2 Å². The van der Waals surface area contributed by atoms with Gasteiger partial charge in [0.15, 0.2) is 0 Å². The molecule has 0 bridgehead atoms. The van der Waals surface area contributed by atoms with E-state index in [1.165, 1.54) is 5.56 Å². The molecule has 0 radical (unpaired) electrons. The van der Waals surface area contributed by atoms with Gasteiger partial charge in [-0.25, -0.2) is 0 Å². The van der Waals surface area contributed by atoms with Crippen LogP contribution in [0.5, 0.6) is 5.75 Å². The second kappa shape index (κ2) is 11.2. The fourth-order valence-corrected chi connectivity index (χ4v) is 4.52. The van der Waals surface area contributed by atoms with Crippen LogP contribution in [0.4, 0.5) is 5.69 Å². The van der Waals surface area contributed by atoms with Gasteiger partial charge < -0.3 is 14.6 Å². The molecule has 0 fully saturated rings. The smallest absolute Gasteiger partial charge is 0.146 e. The predicted molar refractivity (Wildman–Crippen MR) is 140 cm³/mol. The molecule has 0 aliphatic rings. The van der Waals surface area contributed by atoms with Gasteiger partial charge in [-0.05, 0) is 36.2 Å². The van der Waals surface area contributed by atoms with Crippen molar-refractivity contribution in [3.63, 3.8) is 0 Å². The van der Waals surface area contributed by atoms with Gasteiger partial charge in [-0.3, -0.25) is 0 Å². The maximum absolute atomic E-state index is 6.51. The van der Waals surface area contributed by atoms with Crippen LogP contribution < -0.4 is 10.1 Å². The zero-order valence-corrected chi connectivity index (χ0v) is 21.2. The van der Waals surface area contributed by atoms with Gasteiger partial charge in [0.25, 0.3) is 0 Å². The molecule has 7 heteroatoms. The highest BCUT2D eigenvalue weighted by Crippen LogP contribution is 2.39. The molecule has 1 N–H and O–H groups in total. The number of halogens is 3. The largest absolute Gasteiger partial charge is 0.489 e. The SMILES string of the molecule is CC(C)c1onc(-c2c(Cl)cccc2Cl)c1COc1ccc(NCCc2ccccc2)c(Cl)c1. The van der Waals surface area contributed by atoms with Crippen LogP contribution in [0.2, 0.25) is 15.1 Å². The van der Waals surface area contributed by atoms with E-state index in [2.05, 4.69) is 22.6 Å². The Morgan fingerprint density at radius 3 is 2.32 bits per heavy atom. The molecule has 0 aliphatic carbocycles. The fraction of sp³-hybridized carbons (Fsp3) is 0.222. The summed E-state index contributed by atoms with van der Waals surface area (Å²) in [5.41, 5.74) is 4.17. The van der Waals surface area contributed by atoms with E-state index in [-0.39, 0.29) is 12.5 Å². The van der Waals surface area contributed by atoms with Gasteiger partial charge in [0.1, 0.15) is 23.8 Å². The Hall–Kier alpha value is -2.66. The van der Waals surface area contributed by atoms with Crippen LogP contribution in [0.25, 0.3) is 11.3 Å². The number of nitrogens with one attached hydrogen (secondary N) is 1. The number of hydrogen-bond acceptors (Lipinski definition) is 4. The molecular formula is C27H25Cl3N2O2. The van der Waals surface area contributed by atoms with Crippen molar-refractivity contribution in [1.82, 2.24) is 5.16 Å². The summed E-state index contributed by atoms with van der Waals surface area (Å²) < 4.78 is 11.7. The van der Waals surface area contributed by atoms with Crippen LogP contribution in [-0.4, -0.2) is 11.7 Å². The molecule has 1 aromatic heterocycles. The van der Waals surface area contributed by atoms with Crippen molar-refractivity contribution < 1.29 is 9.26 Å². The van der Waals surface area contributed by atoms with Crippen LogP contribution in [0, 0.1) is 0 Å². The number of benzene rings is 3. The summed E-state index contributed by atoms with van der Waals surface area (Å²) in [6, 6.07) is 21.3.